The van der Waals surface area contributed by atoms with Crippen molar-refractivity contribution < 1.29 is 4.79 Å². The van der Waals surface area contributed by atoms with Crippen LogP contribution in [0.2, 0.25) is 0 Å². The van der Waals surface area contributed by atoms with Crippen molar-refractivity contribution in [1.29, 1.82) is 0 Å². The lowest BCUT2D eigenvalue weighted by Crippen LogP contribution is -2.25. The first-order valence-corrected chi connectivity index (χ1v) is 6.03. The van der Waals surface area contributed by atoms with E-state index in [4.69, 9.17) is 0 Å². The normalized spacial score (nSPS) is 10.0. The van der Waals surface area contributed by atoms with E-state index in [0.717, 1.165) is 23.8 Å². The van der Waals surface area contributed by atoms with Crippen molar-refractivity contribution in [2.45, 2.75) is 26.7 Å². The van der Waals surface area contributed by atoms with Crippen LogP contribution in [0, 0.1) is 6.92 Å². The van der Waals surface area contributed by atoms with Crippen LogP contribution >= 0.6 is 11.3 Å². The van der Waals surface area contributed by atoms with E-state index in [1.54, 1.807) is 11.3 Å². The number of thiazole rings is 1. The van der Waals surface area contributed by atoms with Crippen LogP contribution in [0.1, 0.15) is 25.5 Å². The molecule has 15 heavy (non-hydrogen) atoms. The van der Waals surface area contributed by atoms with Gasteiger partial charge in [-0.15, -0.1) is 11.3 Å². The summed E-state index contributed by atoms with van der Waals surface area (Å²) >= 11 is 1.57. The van der Waals surface area contributed by atoms with E-state index in [2.05, 4.69) is 15.6 Å². The number of carbonyl (C=O) groups is 1. The van der Waals surface area contributed by atoms with Crippen LogP contribution in [0.15, 0.2) is 5.38 Å². The first kappa shape index (κ1) is 12.0. The minimum Gasteiger partial charge on any atom is -0.361 e. The molecule has 1 amide bonds. The molecule has 0 unspecified atom stereocenters. The lowest BCUT2D eigenvalue weighted by molar-refractivity contribution is -0.120. The largest absolute Gasteiger partial charge is 0.361 e. The van der Waals surface area contributed by atoms with E-state index in [1.165, 1.54) is 0 Å². The summed E-state index contributed by atoms with van der Waals surface area (Å²) in [5.74, 6) is 0.0950. The van der Waals surface area contributed by atoms with Crippen molar-refractivity contribution in [3.05, 3.63) is 11.1 Å². The van der Waals surface area contributed by atoms with Crippen LogP contribution in [-0.4, -0.2) is 24.0 Å². The third-order valence-electron chi connectivity index (χ3n) is 1.82. The van der Waals surface area contributed by atoms with Crippen molar-refractivity contribution in [3.8, 4) is 0 Å². The van der Waals surface area contributed by atoms with E-state index in [0.29, 0.717) is 13.0 Å². The monoisotopic (exact) mass is 227 g/mol. The molecule has 1 rings (SSSR count). The Balaban J connectivity index is 2.13. The van der Waals surface area contributed by atoms with Gasteiger partial charge in [-0.05, 0) is 13.3 Å². The zero-order valence-electron chi connectivity index (χ0n) is 9.17. The van der Waals surface area contributed by atoms with Crippen molar-refractivity contribution in [3.63, 3.8) is 0 Å². The first-order chi connectivity index (χ1) is 7.22. The molecule has 0 aliphatic rings. The number of anilines is 1. The van der Waals surface area contributed by atoms with Gasteiger partial charge < -0.3 is 10.6 Å². The lowest BCUT2D eigenvalue weighted by atomic mass is 10.4. The summed E-state index contributed by atoms with van der Waals surface area (Å²) in [5.41, 5.74) is 1.01. The highest BCUT2D eigenvalue weighted by atomic mass is 32.1. The molecule has 0 fully saturated rings. The average molecular weight is 227 g/mol. The van der Waals surface area contributed by atoms with E-state index >= 15 is 0 Å². The van der Waals surface area contributed by atoms with E-state index in [1.807, 2.05) is 19.2 Å². The van der Waals surface area contributed by atoms with E-state index in [-0.39, 0.29) is 5.91 Å². The van der Waals surface area contributed by atoms with Gasteiger partial charge in [-0.1, -0.05) is 6.92 Å². The van der Waals surface area contributed by atoms with Crippen LogP contribution in [-0.2, 0) is 4.79 Å². The van der Waals surface area contributed by atoms with Crippen LogP contribution in [0.5, 0.6) is 0 Å². The standard InChI is InChI=1S/C10H17N3OS/c1-3-5-11-9(14)4-6-12-10-13-8(2)7-15-10/h7H,3-6H2,1-2H3,(H,11,14)(H,12,13). The van der Waals surface area contributed by atoms with Crippen LogP contribution in [0.25, 0.3) is 0 Å². The fraction of sp³-hybridized carbons (Fsp3) is 0.600. The number of rotatable bonds is 6. The first-order valence-electron chi connectivity index (χ1n) is 5.15. The van der Waals surface area contributed by atoms with Gasteiger partial charge in [0.25, 0.3) is 0 Å². The Bertz CT molecular complexity index is 311. The smallest absolute Gasteiger partial charge is 0.221 e. The van der Waals surface area contributed by atoms with Crippen molar-refractivity contribution in [1.82, 2.24) is 10.3 Å². The van der Waals surface area contributed by atoms with Gasteiger partial charge >= 0.3 is 0 Å². The molecule has 0 radical (unpaired) electrons. The SMILES string of the molecule is CCCNC(=O)CCNc1nc(C)cs1. The van der Waals surface area contributed by atoms with Crippen LogP contribution in [0.3, 0.4) is 0 Å². The molecule has 0 atom stereocenters. The van der Waals surface area contributed by atoms with Gasteiger partial charge in [-0.3, -0.25) is 4.79 Å². The lowest BCUT2D eigenvalue weighted by Gasteiger charge is -2.03. The zero-order chi connectivity index (χ0) is 11.1. The molecule has 0 aromatic carbocycles. The molecule has 1 aromatic rings. The minimum absolute atomic E-state index is 0.0950. The molecule has 0 saturated carbocycles. The van der Waals surface area contributed by atoms with Crippen LogP contribution in [0.4, 0.5) is 5.13 Å². The third-order valence-corrected chi connectivity index (χ3v) is 2.74. The predicted molar refractivity (Wildman–Crippen MR) is 63.3 cm³/mol. The summed E-state index contributed by atoms with van der Waals surface area (Å²) in [6.45, 7) is 5.39. The molecule has 5 heteroatoms. The van der Waals surface area contributed by atoms with Crippen molar-refractivity contribution in [2.24, 2.45) is 0 Å². The Morgan fingerprint density at radius 2 is 2.33 bits per heavy atom. The number of hydrogen-bond acceptors (Lipinski definition) is 4. The quantitative estimate of drug-likeness (QED) is 0.779. The van der Waals surface area contributed by atoms with Gasteiger partial charge in [-0.25, -0.2) is 4.98 Å². The summed E-state index contributed by atoms with van der Waals surface area (Å²) in [6, 6.07) is 0. The highest BCUT2D eigenvalue weighted by Crippen LogP contribution is 2.13. The molecule has 0 aliphatic carbocycles. The summed E-state index contributed by atoms with van der Waals surface area (Å²) in [4.78, 5) is 15.5. The molecular weight excluding hydrogens is 210 g/mol. The van der Waals surface area contributed by atoms with Gasteiger partial charge in [0, 0.05) is 24.9 Å². The molecule has 1 heterocycles. The zero-order valence-corrected chi connectivity index (χ0v) is 9.99. The number of amides is 1. The minimum atomic E-state index is 0.0950. The van der Waals surface area contributed by atoms with E-state index < -0.39 is 0 Å². The summed E-state index contributed by atoms with van der Waals surface area (Å²) in [6.07, 6.45) is 1.48. The molecule has 0 aliphatic heterocycles. The van der Waals surface area contributed by atoms with Gasteiger partial charge in [-0.2, -0.15) is 0 Å². The molecule has 0 spiro atoms. The average Bonchev–Trinajstić information content (AvgIpc) is 2.61. The fourth-order valence-electron chi connectivity index (χ4n) is 1.07. The number of nitrogens with zero attached hydrogens (tertiary/aromatic N) is 1. The van der Waals surface area contributed by atoms with Crippen LogP contribution < -0.4 is 10.6 Å². The topological polar surface area (TPSA) is 54.0 Å². The van der Waals surface area contributed by atoms with Crippen molar-refractivity contribution in [2.75, 3.05) is 18.4 Å². The summed E-state index contributed by atoms with van der Waals surface area (Å²) in [7, 11) is 0. The molecule has 0 bridgehead atoms. The number of aromatic nitrogens is 1. The second-order valence-corrected chi connectivity index (χ2v) is 4.18. The number of carbonyl (C=O) groups excluding carboxylic acids is 1. The molecule has 0 saturated heterocycles. The highest BCUT2D eigenvalue weighted by molar-refractivity contribution is 7.13. The highest BCUT2D eigenvalue weighted by Gasteiger charge is 2.01. The van der Waals surface area contributed by atoms with E-state index in [9.17, 15) is 4.79 Å². The second-order valence-electron chi connectivity index (χ2n) is 3.32. The maximum absolute atomic E-state index is 11.2. The second kappa shape index (κ2) is 6.40. The fourth-order valence-corrected chi connectivity index (χ4v) is 1.79. The molecule has 4 nitrogen and oxygen atoms in total. The van der Waals surface area contributed by atoms with Gasteiger partial charge in [0.2, 0.25) is 5.91 Å². The molecule has 84 valence electrons. The Hall–Kier alpha value is -1.10. The Morgan fingerprint density at radius 3 is 2.93 bits per heavy atom. The molecule has 1 aromatic heterocycles. The van der Waals surface area contributed by atoms with Gasteiger partial charge in [0.15, 0.2) is 5.13 Å². The maximum Gasteiger partial charge on any atom is 0.221 e. The van der Waals surface area contributed by atoms with Crippen molar-refractivity contribution >= 4 is 22.4 Å². The maximum atomic E-state index is 11.2. The summed E-state index contributed by atoms with van der Waals surface area (Å²) < 4.78 is 0. The Labute approximate surface area is 94.1 Å². The molecule has 2 N–H and O–H groups in total. The predicted octanol–water partition coefficient (Wildman–Crippen LogP) is 1.78. The summed E-state index contributed by atoms with van der Waals surface area (Å²) in [5, 5.41) is 8.82. The number of hydrogen-bond donors (Lipinski definition) is 2. The van der Waals surface area contributed by atoms with Gasteiger partial charge in [0.05, 0.1) is 5.69 Å². The Kier molecular flexibility index (Phi) is 5.10. The number of aryl methyl sites for hydroxylation is 1. The number of nitrogens with one attached hydrogen (secondary N) is 2. The Morgan fingerprint density at radius 1 is 1.53 bits per heavy atom. The van der Waals surface area contributed by atoms with Gasteiger partial charge in [0.1, 0.15) is 0 Å². The third kappa shape index (κ3) is 4.78. The molecular formula is C10H17N3OS.